The second kappa shape index (κ2) is 8.32. The van der Waals surface area contributed by atoms with Gasteiger partial charge in [-0.15, -0.1) is 0 Å². The third-order valence-electron chi connectivity index (χ3n) is 6.46. The van der Waals surface area contributed by atoms with Gasteiger partial charge < -0.3 is 16.0 Å². The van der Waals surface area contributed by atoms with Crippen molar-refractivity contribution in [1.82, 2.24) is 24.8 Å². The van der Waals surface area contributed by atoms with Crippen molar-refractivity contribution in [3.63, 3.8) is 0 Å². The smallest absolute Gasteiger partial charge is 0.349 e. The average molecular weight is 480 g/mol. The number of aromatic nitrogens is 4. The lowest BCUT2D eigenvalue weighted by atomic mass is 9.79. The zero-order valence-corrected chi connectivity index (χ0v) is 18.9. The van der Waals surface area contributed by atoms with Crippen LogP contribution in [0, 0.1) is 0 Å². The minimum absolute atomic E-state index is 0.00290. The molecule has 1 saturated heterocycles. The molecule has 5 rings (SSSR count). The van der Waals surface area contributed by atoms with Crippen LogP contribution < -0.4 is 16.0 Å². The Morgan fingerprint density at radius 2 is 1.91 bits per heavy atom. The van der Waals surface area contributed by atoms with Crippen molar-refractivity contribution in [2.45, 2.75) is 56.8 Å². The fraction of sp³-hybridized carbons (Fsp3) is 0.500. The number of hydrogen-bond donors (Lipinski definition) is 3. The zero-order chi connectivity index (χ0) is 23.2. The first-order valence-corrected chi connectivity index (χ1v) is 11.5. The van der Waals surface area contributed by atoms with Crippen LogP contribution in [0.15, 0.2) is 24.4 Å². The molecule has 33 heavy (non-hydrogen) atoms. The normalized spacial score (nSPS) is 18.8. The molecule has 2 aliphatic rings. The Hall–Kier alpha value is -2.59. The third-order valence-corrected chi connectivity index (χ3v) is 6.68. The first-order valence-electron chi connectivity index (χ1n) is 11.1. The van der Waals surface area contributed by atoms with E-state index >= 15 is 0 Å². The first kappa shape index (κ1) is 22.2. The molecule has 1 aliphatic heterocycles. The van der Waals surface area contributed by atoms with E-state index in [9.17, 15) is 13.2 Å². The SMILES string of the molecule is CC1(Nc2ncc3nc(Nc4cc(Cl)cc(C(F)(F)F)c4)n(C4CCNCC4)c3n2)CCC1. The second-order valence-corrected chi connectivity index (χ2v) is 9.52. The first-order chi connectivity index (χ1) is 15.7. The molecule has 176 valence electrons. The van der Waals surface area contributed by atoms with Gasteiger partial charge in [0.1, 0.15) is 5.52 Å². The minimum atomic E-state index is -4.50. The summed E-state index contributed by atoms with van der Waals surface area (Å²) < 4.78 is 41.9. The van der Waals surface area contributed by atoms with Gasteiger partial charge in [-0.1, -0.05) is 11.6 Å². The summed E-state index contributed by atoms with van der Waals surface area (Å²) in [4.78, 5) is 13.8. The summed E-state index contributed by atoms with van der Waals surface area (Å²) in [6, 6.07) is 3.50. The molecule has 0 unspecified atom stereocenters. The van der Waals surface area contributed by atoms with Crippen molar-refractivity contribution < 1.29 is 13.2 Å². The molecule has 1 aliphatic carbocycles. The van der Waals surface area contributed by atoms with Crippen LogP contribution in [-0.2, 0) is 6.18 Å². The average Bonchev–Trinajstić information content (AvgIpc) is 3.09. The summed E-state index contributed by atoms with van der Waals surface area (Å²) in [6.07, 6.45) is 2.17. The number of anilines is 3. The Kier molecular flexibility index (Phi) is 5.60. The number of hydrogen-bond acceptors (Lipinski definition) is 6. The van der Waals surface area contributed by atoms with Gasteiger partial charge in [-0.3, -0.25) is 4.57 Å². The van der Waals surface area contributed by atoms with Crippen molar-refractivity contribution in [2.75, 3.05) is 23.7 Å². The van der Waals surface area contributed by atoms with Crippen LogP contribution in [0.5, 0.6) is 0 Å². The highest BCUT2D eigenvalue weighted by Crippen LogP contribution is 2.37. The number of alkyl halides is 3. The van der Waals surface area contributed by atoms with Crippen LogP contribution in [0.3, 0.4) is 0 Å². The van der Waals surface area contributed by atoms with Crippen molar-refractivity contribution in [1.29, 1.82) is 0 Å². The highest BCUT2D eigenvalue weighted by Gasteiger charge is 2.33. The number of benzene rings is 1. The molecular formula is C22H25ClF3N7. The molecule has 3 heterocycles. The maximum absolute atomic E-state index is 13.3. The molecule has 0 atom stereocenters. The van der Waals surface area contributed by atoms with E-state index < -0.39 is 11.7 Å². The molecule has 11 heteroatoms. The molecule has 0 radical (unpaired) electrons. The van der Waals surface area contributed by atoms with Gasteiger partial charge in [0.15, 0.2) is 5.65 Å². The Balaban J connectivity index is 1.55. The lowest BCUT2D eigenvalue weighted by Crippen LogP contribution is -2.42. The molecule has 3 N–H and O–H groups in total. The van der Waals surface area contributed by atoms with Crippen LogP contribution in [-0.4, -0.2) is 38.1 Å². The number of nitrogens with zero attached hydrogens (tertiary/aromatic N) is 4. The molecule has 1 saturated carbocycles. The maximum Gasteiger partial charge on any atom is 0.416 e. The molecule has 2 fully saturated rings. The number of halogens is 4. The lowest BCUT2D eigenvalue weighted by molar-refractivity contribution is -0.137. The monoisotopic (exact) mass is 479 g/mol. The van der Waals surface area contributed by atoms with E-state index in [1.165, 1.54) is 12.5 Å². The number of imidazole rings is 1. The van der Waals surface area contributed by atoms with Gasteiger partial charge in [-0.2, -0.15) is 18.2 Å². The molecule has 0 bridgehead atoms. The lowest BCUT2D eigenvalue weighted by Gasteiger charge is -2.39. The van der Waals surface area contributed by atoms with Gasteiger partial charge >= 0.3 is 6.18 Å². The zero-order valence-electron chi connectivity index (χ0n) is 18.1. The molecule has 0 amide bonds. The van der Waals surface area contributed by atoms with E-state index in [4.69, 9.17) is 16.6 Å². The van der Waals surface area contributed by atoms with Gasteiger partial charge in [0.05, 0.1) is 11.8 Å². The standard InChI is InChI=1S/C22H25ClF3N7/c1-21(5-2-6-21)32-19-28-12-17-18(31-19)33(16-3-7-27-8-4-16)20(30-17)29-15-10-13(22(24,25)26)9-14(23)11-15/h9-12,16,27H,2-8H2,1H3,(H,29,30)(H,28,31,32). The van der Waals surface area contributed by atoms with E-state index in [1.54, 1.807) is 6.20 Å². The molecule has 0 spiro atoms. The van der Waals surface area contributed by atoms with Crippen LogP contribution >= 0.6 is 11.6 Å². The summed E-state index contributed by atoms with van der Waals surface area (Å²) in [7, 11) is 0. The van der Waals surface area contributed by atoms with Gasteiger partial charge in [0.2, 0.25) is 11.9 Å². The van der Waals surface area contributed by atoms with E-state index in [2.05, 4.69) is 32.8 Å². The van der Waals surface area contributed by atoms with Gasteiger partial charge in [0.25, 0.3) is 0 Å². The van der Waals surface area contributed by atoms with Gasteiger partial charge in [0, 0.05) is 22.3 Å². The third kappa shape index (κ3) is 4.59. The van der Waals surface area contributed by atoms with Crippen molar-refractivity contribution in [3.8, 4) is 0 Å². The highest BCUT2D eigenvalue weighted by atomic mass is 35.5. The van der Waals surface area contributed by atoms with Crippen LogP contribution in [0.2, 0.25) is 5.02 Å². The van der Waals surface area contributed by atoms with Crippen LogP contribution in [0.1, 0.15) is 50.6 Å². The number of rotatable bonds is 5. The van der Waals surface area contributed by atoms with Crippen LogP contribution in [0.25, 0.3) is 11.2 Å². The molecule has 1 aromatic carbocycles. The van der Waals surface area contributed by atoms with Gasteiger partial charge in [-0.25, -0.2) is 9.97 Å². The number of fused-ring (bicyclic) bond motifs is 1. The van der Waals surface area contributed by atoms with Crippen molar-refractivity contribution in [3.05, 3.63) is 35.0 Å². The molecule has 2 aromatic heterocycles. The summed E-state index contributed by atoms with van der Waals surface area (Å²) in [5.41, 5.74) is 0.625. The Labute approximate surface area is 194 Å². The second-order valence-electron chi connectivity index (χ2n) is 9.08. The predicted molar refractivity (Wildman–Crippen MR) is 122 cm³/mol. The highest BCUT2D eigenvalue weighted by molar-refractivity contribution is 6.31. The fourth-order valence-corrected chi connectivity index (χ4v) is 4.74. The van der Waals surface area contributed by atoms with E-state index in [0.29, 0.717) is 23.1 Å². The van der Waals surface area contributed by atoms with Gasteiger partial charge in [-0.05, 0) is 70.3 Å². The number of piperidine rings is 1. The molecular weight excluding hydrogens is 455 g/mol. The Bertz CT molecular complexity index is 1170. The fourth-order valence-electron chi connectivity index (χ4n) is 4.51. The minimum Gasteiger partial charge on any atom is -0.349 e. The van der Waals surface area contributed by atoms with Crippen molar-refractivity contribution in [2.24, 2.45) is 0 Å². The quantitative estimate of drug-likeness (QED) is 0.447. The molecule has 7 nitrogen and oxygen atoms in total. The topological polar surface area (TPSA) is 79.7 Å². The maximum atomic E-state index is 13.3. The number of nitrogens with one attached hydrogen (secondary N) is 3. The molecule has 3 aromatic rings. The van der Waals surface area contributed by atoms with Crippen LogP contribution in [0.4, 0.5) is 30.8 Å². The summed E-state index contributed by atoms with van der Waals surface area (Å²) in [6.45, 7) is 3.83. The van der Waals surface area contributed by atoms with E-state index in [-0.39, 0.29) is 22.3 Å². The van der Waals surface area contributed by atoms with E-state index in [1.807, 2.05) is 4.57 Å². The Morgan fingerprint density at radius 3 is 2.58 bits per heavy atom. The Morgan fingerprint density at radius 1 is 1.15 bits per heavy atom. The van der Waals surface area contributed by atoms with E-state index in [0.717, 1.165) is 50.9 Å². The van der Waals surface area contributed by atoms with Crippen molar-refractivity contribution >= 4 is 40.3 Å². The summed E-state index contributed by atoms with van der Waals surface area (Å²) in [5, 5.41) is 9.83. The predicted octanol–water partition coefficient (Wildman–Crippen LogP) is 5.52. The largest absolute Gasteiger partial charge is 0.416 e. The summed E-state index contributed by atoms with van der Waals surface area (Å²) in [5.74, 6) is 0.960. The summed E-state index contributed by atoms with van der Waals surface area (Å²) >= 11 is 5.98.